The average molecular weight is 245 g/mol. The summed E-state index contributed by atoms with van der Waals surface area (Å²) < 4.78 is 5.54. The van der Waals surface area contributed by atoms with Crippen molar-refractivity contribution in [1.82, 2.24) is 0 Å². The molecule has 16 heavy (non-hydrogen) atoms. The Hall–Kier alpha value is 0.137. The third-order valence-electron chi connectivity index (χ3n) is 3.29. The molecule has 98 valence electrons. The van der Waals surface area contributed by atoms with E-state index in [1.165, 1.54) is 57.4 Å². The maximum atomic E-state index is 5.54. The van der Waals surface area contributed by atoms with Crippen molar-refractivity contribution < 1.29 is 4.43 Å². The van der Waals surface area contributed by atoms with E-state index in [-0.39, 0.29) is 0 Å². The zero-order valence-electron chi connectivity index (χ0n) is 11.6. The Morgan fingerprint density at radius 1 is 0.812 bits per heavy atom. The first-order chi connectivity index (χ1) is 7.62. The standard InChI is InChI=1S/C13H31NOSi/c1-15-16(2,3)13-11-9-7-5-4-6-8-10-12-14/h4-14H2,1-3H3. The third kappa shape index (κ3) is 10.6. The Bertz CT molecular complexity index is 151. The van der Waals surface area contributed by atoms with Gasteiger partial charge in [0.25, 0.3) is 0 Å². The molecule has 0 heterocycles. The van der Waals surface area contributed by atoms with Gasteiger partial charge in [-0.2, -0.15) is 0 Å². The van der Waals surface area contributed by atoms with E-state index >= 15 is 0 Å². The van der Waals surface area contributed by atoms with Crippen LogP contribution in [0.5, 0.6) is 0 Å². The second-order valence-corrected chi connectivity index (χ2v) is 9.76. The topological polar surface area (TPSA) is 35.2 Å². The molecule has 0 fully saturated rings. The highest BCUT2D eigenvalue weighted by molar-refractivity contribution is 6.71. The van der Waals surface area contributed by atoms with Gasteiger partial charge in [0.15, 0.2) is 8.32 Å². The number of unbranched alkanes of at least 4 members (excludes halogenated alkanes) is 7. The highest BCUT2D eigenvalue weighted by atomic mass is 28.4. The van der Waals surface area contributed by atoms with Gasteiger partial charge in [-0.25, -0.2) is 0 Å². The summed E-state index contributed by atoms with van der Waals surface area (Å²) in [5, 5.41) is 0. The fraction of sp³-hybridized carbons (Fsp3) is 1.00. The highest BCUT2D eigenvalue weighted by Crippen LogP contribution is 2.16. The van der Waals surface area contributed by atoms with E-state index in [0.29, 0.717) is 0 Å². The minimum absolute atomic E-state index is 0.858. The van der Waals surface area contributed by atoms with Crippen molar-refractivity contribution in [2.75, 3.05) is 13.7 Å². The molecule has 0 amide bonds. The van der Waals surface area contributed by atoms with Crippen LogP contribution in [0.3, 0.4) is 0 Å². The van der Waals surface area contributed by atoms with Crippen LogP contribution in [0.2, 0.25) is 19.1 Å². The van der Waals surface area contributed by atoms with E-state index in [2.05, 4.69) is 13.1 Å². The SMILES string of the molecule is CO[Si](C)(C)CCCCCCCCCCN. The summed E-state index contributed by atoms with van der Waals surface area (Å²) in [6.45, 7) is 5.47. The molecule has 0 saturated heterocycles. The minimum Gasteiger partial charge on any atom is -0.420 e. The molecule has 0 saturated carbocycles. The van der Waals surface area contributed by atoms with Crippen molar-refractivity contribution in [1.29, 1.82) is 0 Å². The van der Waals surface area contributed by atoms with Crippen LogP contribution in [-0.2, 0) is 4.43 Å². The Kier molecular flexibility index (Phi) is 10.4. The first-order valence-electron chi connectivity index (χ1n) is 6.87. The van der Waals surface area contributed by atoms with Gasteiger partial charge in [-0.3, -0.25) is 0 Å². The van der Waals surface area contributed by atoms with Crippen LogP contribution in [0.15, 0.2) is 0 Å². The van der Waals surface area contributed by atoms with Gasteiger partial charge >= 0.3 is 0 Å². The van der Waals surface area contributed by atoms with Crippen molar-refractivity contribution in [2.45, 2.75) is 70.5 Å². The largest absolute Gasteiger partial charge is 0.420 e. The van der Waals surface area contributed by atoms with Crippen LogP contribution in [0, 0.1) is 0 Å². The van der Waals surface area contributed by atoms with Gasteiger partial charge in [0.2, 0.25) is 0 Å². The number of hydrogen-bond acceptors (Lipinski definition) is 2. The predicted octanol–water partition coefficient (Wildman–Crippen LogP) is 3.92. The second-order valence-electron chi connectivity index (χ2n) is 5.33. The number of rotatable bonds is 11. The van der Waals surface area contributed by atoms with E-state index in [4.69, 9.17) is 10.2 Å². The van der Waals surface area contributed by atoms with Gasteiger partial charge in [-0.05, 0) is 32.1 Å². The maximum Gasteiger partial charge on any atom is 0.186 e. The molecular weight excluding hydrogens is 214 g/mol. The number of nitrogens with two attached hydrogens (primary N) is 1. The summed E-state index contributed by atoms with van der Waals surface area (Å²) in [5.74, 6) is 0. The molecule has 0 radical (unpaired) electrons. The fourth-order valence-electron chi connectivity index (χ4n) is 1.86. The van der Waals surface area contributed by atoms with Crippen LogP contribution < -0.4 is 5.73 Å². The smallest absolute Gasteiger partial charge is 0.186 e. The Morgan fingerprint density at radius 3 is 1.69 bits per heavy atom. The lowest BCUT2D eigenvalue weighted by molar-refractivity contribution is 0.400. The normalized spacial score (nSPS) is 12.0. The van der Waals surface area contributed by atoms with E-state index in [1.54, 1.807) is 0 Å². The molecular formula is C13H31NOSi. The molecule has 0 aliphatic carbocycles. The summed E-state index contributed by atoms with van der Waals surface area (Å²) >= 11 is 0. The van der Waals surface area contributed by atoms with E-state index in [1.807, 2.05) is 7.11 Å². The Labute approximate surface area is 103 Å². The second kappa shape index (κ2) is 10.3. The first-order valence-corrected chi connectivity index (χ1v) is 9.99. The fourth-order valence-corrected chi connectivity index (χ4v) is 3.16. The van der Waals surface area contributed by atoms with Crippen molar-refractivity contribution >= 4 is 8.32 Å². The van der Waals surface area contributed by atoms with Crippen LogP contribution in [0.4, 0.5) is 0 Å². The Morgan fingerprint density at radius 2 is 1.25 bits per heavy atom. The summed E-state index contributed by atoms with van der Waals surface area (Å²) in [6.07, 6.45) is 10.8. The van der Waals surface area contributed by atoms with Crippen LogP contribution in [-0.4, -0.2) is 22.0 Å². The summed E-state index contributed by atoms with van der Waals surface area (Å²) in [4.78, 5) is 0. The molecule has 0 aromatic heterocycles. The number of hydrogen-bond donors (Lipinski definition) is 1. The molecule has 0 aromatic carbocycles. The van der Waals surface area contributed by atoms with E-state index < -0.39 is 8.32 Å². The van der Waals surface area contributed by atoms with Gasteiger partial charge < -0.3 is 10.2 Å². The van der Waals surface area contributed by atoms with Crippen molar-refractivity contribution in [2.24, 2.45) is 5.73 Å². The molecule has 0 bridgehead atoms. The molecule has 0 atom stereocenters. The van der Waals surface area contributed by atoms with Crippen LogP contribution in [0.1, 0.15) is 51.4 Å². The highest BCUT2D eigenvalue weighted by Gasteiger charge is 2.18. The van der Waals surface area contributed by atoms with Gasteiger partial charge in [0.05, 0.1) is 0 Å². The quantitative estimate of drug-likeness (QED) is 0.442. The molecule has 2 nitrogen and oxygen atoms in total. The molecule has 0 aliphatic heterocycles. The molecule has 3 heteroatoms. The lowest BCUT2D eigenvalue weighted by Crippen LogP contribution is -2.27. The molecule has 0 aliphatic rings. The van der Waals surface area contributed by atoms with Gasteiger partial charge in [0, 0.05) is 7.11 Å². The zero-order chi connectivity index (χ0) is 12.3. The van der Waals surface area contributed by atoms with Crippen molar-refractivity contribution in [3.05, 3.63) is 0 Å². The minimum atomic E-state index is -1.28. The molecule has 0 rings (SSSR count). The van der Waals surface area contributed by atoms with Crippen LogP contribution in [0.25, 0.3) is 0 Å². The first kappa shape index (κ1) is 16.1. The van der Waals surface area contributed by atoms with Crippen molar-refractivity contribution in [3.63, 3.8) is 0 Å². The summed E-state index contributed by atoms with van der Waals surface area (Å²) in [5.41, 5.74) is 5.45. The zero-order valence-corrected chi connectivity index (χ0v) is 12.6. The molecule has 2 N–H and O–H groups in total. The van der Waals surface area contributed by atoms with Gasteiger partial charge in [-0.15, -0.1) is 0 Å². The predicted molar refractivity (Wildman–Crippen MR) is 75.3 cm³/mol. The van der Waals surface area contributed by atoms with Gasteiger partial charge in [-0.1, -0.05) is 44.9 Å². The average Bonchev–Trinajstić information content (AvgIpc) is 2.27. The lowest BCUT2D eigenvalue weighted by atomic mass is 10.1. The molecule has 0 spiro atoms. The monoisotopic (exact) mass is 245 g/mol. The van der Waals surface area contributed by atoms with Gasteiger partial charge in [0.1, 0.15) is 0 Å². The van der Waals surface area contributed by atoms with E-state index in [9.17, 15) is 0 Å². The maximum absolute atomic E-state index is 5.54. The van der Waals surface area contributed by atoms with Crippen molar-refractivity contribution in [3.8, 4) is 0 Å². The van der Waals surface area contributed by atoms with E-state index in [0.717, 1.165) is 6.54 Å². The van der Waals surface area contributed by atoms with Crippen LogP contribution >= 0.6 is 0 Å². The third-order valence-corrected chi connectivity index (χ3v) is 5.95. The Balaban J connectivity index is 3.10. The molecule has 0 aromatic rings. The molecule has 0 unspecified atom stereocenters. The lowest BCUT2D eigenvalue weighted by Gasteiger charge is -2.19. The summed E-state index contributed by atoms with van der Waals surface area (Å²) in [7, 11) is 0.587. The summed E-state index contributed by atoms with van der Waals surface area (Å²) in [6, 6.07) is 1.32.